The van der Waals surface area contributed by atoms with E-state index in [1.165, 1.54) is 4.88 Å². The Kier molecular flexibility index (Phi) is 2.56. The van der Waals surface area contributed by atoms with E-state index in [9.17, 15) is 0 Å². The van der Waals surface area contributed by atoms with E-state index >= 15 is 0 Å². The number of alkyl halides is 1. The number of rotatable bonds is 2. The van der Waals surface area contributed by atoms with Crippen LogP contribution >= 0.6 is 27.3 Å². The topological polar surface area (TPSA) is 0 Å². The summed E-state index contributed by atoms with van der Waals surface area (Å²) >= 11 is 5.08. The predicted octanol–water partition coefficient (Wildman–Crippen LogP) is 2.70. The largest absolute Gasteiger partial charge is 0.149 e. The Morgan fingerprint density at radius 1 is 1.75 bits per heavy atom. The third-order valence-electron chi connectivity index (χ3n) is 0.822. The van der Waals surface area contributed by atoms with E-state index in [2.05, 4.69) is 39.9 Å². The molecule has 1 heterocycles. The Hall–Kier alpha value is 0.180. The first-order valence-electron chi connectivity index (χ1n) is 2.36. The first kappa shape index (κ1) is 6.30. The molecule has 0 N–H and O–H groups in total. The maximum Gasteiger partial charge on any atom is 0.0115 e. The van der Waals surface area contributed by atoms with Crippen LogP contribution in [0, 0.1) is 6.42 Å². The van der Waals surface area contributed by atoms with Crippen molar-refractivity contribution in [3.63, 3.8) is 0 Å². The summed E-state index contributed by atoms with van der Waals surface area (Å²) in [6.45, 7) is 0. The van der Waals surface area contributed by atoms with E-state index in [0.29, 0.717) is 0 Å². The minimum atomic E-state index is 0.952. The maximum atomic E-state index is 3.32. The van der Waals surface area contributed by atoms with Crippen LogP contribution in [0.3, 0.4) is 0 Å². The molecule has 0 aromatic carbocycles. The van der Waals surface area contributed by atoms with Crippen LogP contribution < -0.4 is 0 Å². The van der Waals surface area contributed by atoms with Gasteiger partial charge in [-0.05, 0) is 11.4 Å². The van der Waals surface area contributed by atoms with E-state index in [1.54, 1.807) is 11.3 Å². The molecule has 0 saturated heterocycles. The second-order valence-electron chi connectivity index (χ2n) is 1.37. The SMILES string of the molecule is BrC[CH]c1cccs1. The Bertz CT molecular complexity index is 134. The molecule has 1 aromatic heterocycles. The highest BCUT2D eigenvalue weighted by Gasteiger charge is 1.88. The second kappa shape index (κ2) is 3.25. The summed E-state index contributed by atoms with van der Waals surface area (Å²) in [5.74, 6) is 0. The zero-order valence-electron chi connectivity index (χ0n) is 4.30. The Balaban J connectivity index is 2.50. The molecule has 1 radical (unpaired) electrons. The molecule has 2 heteroatoms. The molecule has 0 bridgehead atoms. The normalized spacial score (nSPS) is 9.62. The molecule has 0 fully saturated rings. The van der Waals surface area contributed by atoms with Gasteiger partial charge in [0.1, 0.15) is 0 Å². The third-order valence-corrected chi connectivity index (χ3v) is 2.01. The van der Waals surface area contributed by atoms with E-state index < -0.39 is 0 Å². The van der Waals surface area contributed by atoms with Crippen molar-refractivity contribution in [1.82, 2.24) is 0 Å². The summed E-state index contributed by atoms with van der Waals surface area (Å²) < 4.78 is 0. The van der Waals surface area contributed by atoms with E-state index in [-0.39, 0.29) is 0 Å². The lowest BCUT2D eigenvalue weighted by molar-refractivity contribution is 1.56. The van der Waals surface area contributed by atoms with Crippen LogP contribution in [-0.4, -0.2) is 5.33 Å². The first-order chi connectivity index (χ1) is 3.93. The minimum absolute atomic E-state index is 0.952. The van der Waals surface area contributed by atoms with Gasteiger partial charge in [0.15, 0.2) is 0 Å². The molecule has 0 atom stereocenters. The molecule has 43 valence electrons. The lowest BCUT2D eigenvalue weighted by atomic mass is 10.4. The fraction of sp³-hybridized carbons (Fsp3) is 0.167. The summed E-state index contributed by atoms with van der Waals surface area (Å²) in [4.78, 5) is 1.34. The van der Waals surface area contributed by atoms with Gasteiger partial charge in [-0.25, -0.2) is 0 Å². The van der Waals surface area contributed by atoms with Crippen molar-refractivity contribution in [1.29, 1.82) is 0 Å². The molecule has 0 saturated carbocycles. The minimum Gasteiger partial charge on any atom is -0.149 e. The van der Waals surface area contributed by atoms with E-state index in [1.807, 2.05) is 0 Å². The molecular formula is C6H6BrS. The van der Waals surface area contributed by atoms with Crippen molar-refractivity contribution in [2.24, 2.45) is 0 Å². The van der Waals surface area contributed by atoms with Gasteiger partial charge in [0.2, 0.25) is 0 Å². The number of hydrogen-bond donors (Lipinski definition) is 0. The molecule has 0 spiro atoms. The molecule has 1 aromatic rings. The van der Waals surface area contributed by atoms with E-state index in [0.717, 1.165) is 5.33 Å². The smallest absolute Gasteiger partial charge is 0.0115 e. The first-order valence-corrected chi connectivity index (χ1v) is 4.36. The highest BCUT2D eigenvalue weighted by molar-refractivity contribution is 9.09. The van der Waals surface area contributed by atoms with Gasteiger partial charge in [0.05, 0.1) is 0 Å². The molecule has 0 aliphatic carbocycles. The molecule has 1 rings (SSSR count). The predicted molar refractivity (Wildman–Crippen MR) is 41.5 cm³/mol. The van der Waals surface area contributed by atoms with Gasteiger partial charge in [0.25, 0.3) is 0 Å². The van der Waals surface area contributed by atoms with Crippen LogP contribution in [0.2, 0.25) is 0 Å². The fourth-order valence-corrected chi connectivity index (χ4v) is 1.70. The Morgan fingerprint density at radius 2 is 2.62 bits per heavy atom. The lowest BCUT2D eigenvalue weighted by Gasteiger charge is -1.83. The van der Waals surface area contributed by atoms with Crippen molar-refractivity contribution in [2.45, 2.75) is 0 Å². The summed E-state index contributed by atoms with van der Waals surface area (Å²) in [6.07, 6.45) is 2.14. The Labute approximate surface area is 61.7 Å². The zero-order valence-corrected chi connectivity index (χ0v) is 6.71. The fourth-order valence-electron chi connectivity index (χ4n) is 0.483. The van der Waals surface area contributed by atoms with Gasteiger partial charge in [-0.2, -0.15) is 0 Å². The van der Waals surface area contributed by atoms with Crippen molar-refractivity contribution in [2.75, 3.05) is 5.33 Å². The average Bonchev–Trinajstić information content (AvgIpc) is 2.19. The van der Waals surface area contributed by atoms with Crippen molar-refractivity contribution in [3.05, 3.63) is 28.8 Å². The van der Waals surface area contributed by atoms with Gasteiger partial charge < -0.3 is 0 Å². The number of thiophene rings is 1. The number of halogens is 1. The molecule has 0 amide bonds. The summed E-state index contributed by atoms with van der Waals surface area (Å²) in [7, 11) is 0. The highest BCUT2D eigenvalue weighted by atomic mass is 79.9. The highest BCUT2D eigenvalue weighted by Crippen LogP contribution is 2.11. The summed E-state index contributed by atoms with van der Waals surface area (Å²) in [6, 6.07) is 4.16. The second-order valence-corrected chi connectivity index (χ2v) is 3.00. The van der Waals surface area contributed by atoms with Gasteiger partial charge in [-0.1, -0.05) is 22.0 Å². The molecule has 0 aliphatic rings. The molecule has 0 unspecified atom stereocenters. The quantitative estimate of drug-likeness (QED) is 0.629. The molecule has 0 aliphatic heterocycles. The summed E-state index contributed by atoms with van der Waals surface area (Å²) in [5, 5.41) is 3.03. The van der Waals surface area contributed by atoms with E-state index in [4.69, 9.17) is 0 Å². The van der Waals surface area contributed by atoms with Gasteiger partial charge in [-0.3, -0.25) is 0 Å². The van der Waals surface area contributed by atoms with Crippen LogP contribution in [-0.2, 0) is 0 Å². The van der Waals surface area contributed by atoms with Crippen LogP contribution in [0.15, 0.2) is 17.5 Å². The van der Waals surface area contributed by atoms with Gasteiger partial charge >= 0.3 is 0 Å². The van der Waals surface area contributed by atoms with Crippen molar-refractivity contribution >= 4 is 27.3 Å². The number of hydrogen-bond acceptors (Lipinski definition) is 1. The standard InChI is InChI=1S/C6H6BrS/c7-4-3-6-2-1-5-8-6/h1-3,5H,4H2. The average molecular weight is 190 g/mol. The van der Waals surface area contributed by atoms with Crippen molar-refractivity contribution in [3.8, 4) is 0 Å². The van der Waals surface area contributed by atoms with Gasteiger partial charge in [-0.15, -0.1) is 11.3 Å². The monoisotopic (exact) mass is 189 g/mol. The van der Waals surface area contributed by atoms with Crippen LogP contribution in [0.25, 0.3) is 0 Å². The van der Waals surface area contributed by atoms with Crippen LogP contribution in [0.4, 0.5) is 0 Å². The van der Waals surface area contributed by atoms with Crippen LogP contribution in [0.5, 0.6) is 0 Å². The zero-order chi connectivity index (χ0) is 5.82. The third kappa shape index (κ3) is 1.60. The van der Waals surface area contributed by atoms with Crippen LogP contribution in [0.1, 0.15) is 4.88 Å². The van der Waals surface area contributed by atoms with Crippen molar-refractivity contribution < 1.29 is 0 Å². The molecule has 8 heavy (non-hydrogen) atoms. The maximum absolute atomic E-state index is 3.32. The Morgan fingerprint density at radius 3 is 3.12 bits per heavy atom. The van der Waals surface area contributed by atoms with Gasteiger partial charge in [0, 0.05) is 16.6 Å². The molecular weight excluding hydrogens is 184 g/mol. The molecule has 0 nitrogen and oxygen atoms in total. The lowest BCUT2D eigenvalue weighted by Crippen LogP contribution is -1.71. The summed E-state index contributed by atoms with van der Waals surface area (Å²) in [5.41, 5.74) is 0.